The average molecular weight is 226 g/mol. The highest BCUT2D eigenvalue weighted by Crippen LogP contribution is 2.21. The van der Waals surface area contributed by atoms with Crippen molar-refractivity contribution in [1.82, 2.24) is 0 Å². The molecule has 0 aromatic heterocycles. The molecule has 4 heteroatoms. The number of ether oxygens (including phenoxy) is 2. The van der Waals surface area contributed by atoms with Gasteiger partial charge in [-0.15, -0.1) is 0 Å². The Balaban J connectivity index is 0. The molecular formula is C12H22N2O2. The molecule has 1 atom stereocenters. The minimum absolute atomic E-state index is 0.217. The van der Waals surface area contributed by atoms with Gasteiger partial charge in [-0.1, -0.05) is 20.3 Å². The summed E-state index contributed by atoms with van der Waals surface area (Å²) in [5, 5.41) is 16.0. The number of hydrogen-bond acceptors (Lipinski definition) is 4. The van der Waals surface area contributed by atoms with E-state index in [4.69, 9.17) is 15.3 Å². The fourth-order valence-corrected chi connectivity index (χ4v) is 1.03. The molecule has 0 heterocycles. The van der Waals surface area contributed by atoms with E-state index in [1.807, 2.05) is 13.8 Å². The Morgan fingerprint density at radius 1 is 1.12 bits per heavy atom. The average Bonchev–Trinajstić information content (AvgIpc) is 2.29. The Morgan fingerprint density at radius 2 is 1.75 bits per heavy atom. The van der Waals surface area contributed by atoms with E-state index >= 15 is 0 Å². The third-order valence-corrected chi connectivity index (χ3v) is 2.31. The predicted octanol–water partition coefficient (Wildman–Crippen LogP) is 3.35. The van der Waals surface area contributed by atoms with Crippen molar-refractivity contribution >= 4 is 0 Å². The highest BCUT2D eigenvalue weighted by atomic mass is 16.5. The van der Waals surface area contributed by atoms with Crippen molar-refractivity contribution < 1.29 is 9.47 Å². The molecule has 0 saturated carbocycles. The first-order valence-electron chi connectivity index (χ1n) is 5.68. The Bertz CT molecular complexity index is 230. The SMILES string of the molecule is CCCCC(C)(CC)OC#N.CCOC#N. The van der Waals surface area contributed by atoms with Crippen LogP contribution in [-0.4, -0.2) is 12.2 Å². The van der Waals surface area contributed by atoms with Crippen LogP contribution in [0.5, 0.6) is 0 Å². The van der Waals surface area contributed by atoms with Gasteiger partial charge in [-0.25, -0.2) is 0 Å². The van der Waals surface area contributed by atoms with Gasteiger partial charge in [0, 0.05) is 0 Å². The zero-order valence-electron chi connectivity index (χ0n) is 10.7. The van der Waals surface area contributed by atoms with Crippen LogP contribution in [0.3, 0.4) is 0 Å². The highest BCUT2D eigenvalue weighted by molar-refractivity contribution is 4.76. The molecule has 0 aromatic rings. The summed E-state index contributed by atoms with van der Waals surface area (Å²) in [6, 6.07) is 0. The summed E-state index contributed by atoms with van der Waals surface area (Å²) in [5.74, 6) is 0. The molecule has 0 aliphatic heterocycles. The molecule has 0 rings (SSSR count). The van der Waals surface area contributed by atoms with Gasteiger partial charge in [0.05, 0.1) is 6.61 Å². The van der Waals surface area contributed by atoms with Crippen molar-refractivity contribution in [3.05, 3.63) is 0 Å². The van der Waals surface area contributed by atoms with Gasteiger partial charge >= 0.3 is 0 Å². The van der Waals surface area contributed by atoms with Gasteiger partial charge in [0.2, 0.25) is 0 Å². The van der Waals surface area contributed by atoms with Crippen molar-refractivity contribution in [1.29, 1.82) is 10.5 Å². The van der Waals surface area contributed by atoms with Gasteiger partial charge in [0.1, 0.15) is 5.60 Å². The number of hydrogen-bond donors (Lipinski definition) is 0. The van der Waals surface area contributed by atoms with E-state index < -0.39 is 0 Å². The second kappa shape index (κ2) is 11.7. The summed E-state index contributed by atoms with van der Waals surface area (Å²) in [6.45, 7) is 8.43. The van der Waals surface area contributed by atoms with Gasteiger partial charge < -0.3 is 9.47 Å². The monoisotopic (exact) mass is 226 g/mol. The molecule has 4 nitrogen and oxygen atoms in total. The molecule has 0 aromatic carbocycles. The first-order chi connectivity index (χ1) is 7.60. The van der Waals surface area contributed by atoms with Gasteiger partial charge in [0.15, 0.2) is 0 Å². The Labute approximate surface area is 98.8 Å². The number of rotatable bonds is 6. The second-order valence-corrected chi connectivity index (χ2v) is 3.62. The Morgan fingerprint density at radius 3 is 2.00 bits per heavy atom. The molecular weight excluding hydrogens is 204 g/mol. The first kappa shape index (κ1) is 17.0. The molecule has 1 unspecified atom stereocenters. The van der Waals surface area contributed by atoms with Crippen LogP contribution in [0.1, 0.15) is 53.4 Å². The minimum atomic E-state index is -0.217. The lowest BCUT2D eigenvalue weighted by Gasteiger charge is -2.24. The van der Waals surface area contributed by atoms with Crippen LogP contribution in [-0.2, 0) is 9.47 Å². The lowest BCUT2D eigenvalue weighted by molar-refractivity contribution is 0.0387. The van der Waals surface area contributed by atoms with Crippen molar-refractivity contribution in [3.8, 4) is 12.5 Å². The third kappa shape index (κ3) is 10.7. The number of nitrogens with zero attached hydrogens (tertiary/aromatic N) is 2. The maximum atomic E-state index is 8.36. The first-order valence-corrected chi connectivity index (χ1v) is 5.68. The molecule has 0 aliphatic carbocycles. The molecule has 0 N–H and O–H groups in total. The van der Waals surface area contributed by atoms with Gasteiger partial charge in [0.25, 0.3) is 12.5 Å². The quantitative estimate of drug-likeness (QED) is 0.651. The lowest BCUT2D eigenvalue weighted by atomic mass is 9.96. The molecule has 92 valence electrons. The minimum Gasteiger partial charge on any atom is -0.428 e. The molecule has 0 aliphatic rings. The fraction of sp³-hybridized carbons (Fsp3) is 0.833. The summed E-state index contributed by atoms with van der Waals surface area (Å²) < 4.78 is 9.13. The van der Waals surface area contributed by atoms with E-state index in [1.165, 1.54) is 6.26 Å². The fourth-order valence-electron chi connectivity index (χ4n) is 1.03. The zero-order chi connectivity index (χ0) is 12.9. The lowest BCUT2D eigenvalue weighted by Crippen LogP contribution is -2.25. The molecule has 0 amide bonds. The van der Waals surface area contributed by atoms with E-state index in [0.29, 0.717) is 6.61 Å². The number of nitriles is 2. The van der Waals surface area contributed by atoms with E-state index in [1.54, 1.807) is 13.2 Å². The van der Waals surface area contributed by atoms with Crippen molar-refractivity contribution in [3.63, 3.8) is 0 Å². The van der Waals surface area contributed by atoms with Crippen molar-refractivity contribution in [2.24, 2.45) is 0 Å². The van der Waals surface area contributed by atoms with Crippen LogP contribution in [0.4, 0.5) is 0 Å². The predicted molar refractivity (Wildman–Crippen MR) is 62.2 cm³/mol. The summed E-state index contributed by atoms with van der Waals surface area (Å²) >= 11 is 0. The van der Waals surface area contributed by atoms with Crippen LogP contribution < -0.4 is 0 Å². The molecule has 0 saturated heterocycles. The largest absolute Gasteiger partial charge is 0.428 e. The molecule has 16 heavy (non-hydrogen) atoms. The standard InChI is InChI=1S/C9H17NO.C3H5NO/c1-4-6-7-9(3,5-2)11-8-10;1-2-5-3-4/h4-7H2,1-3H3;2H2,1H3. The van der Waals surface area contributed by atoms with Crippen molar-refractivity contribution in [2.45, 2.75) is 59.0 Å². The molecule has 0 bridgehead atoms. The zero-order valence-corrected chi connectivity index (χ0v) is 10.7. The number of unbranched alkanes of at least 4 members (excludes halogenated alkanes) is 1. The van der Waals surface area contributed by atoms with Gasteiger partial charge in [-0.05, 0) is 33.1 Å². The normalized spacial score (nSPS) is 12.1. The van der Waals surface area contributed by atoms with Gasteiger partial charge in [-0.3, -0.25) is 0 Å². The van der Waals surface area contributed by atoms with Gasteiger partial charge in [-0.2, -0.15) is 10.5 Å². The van der Waals surface area contributed by atoms with Crippen LogP contribution in [0, 0.1) is 23.0 Å². The van der Waals surface area contributed by atoms with Crippen LogP contribution in [0.25, 0.3) is 0 Å². The third-order valence-electron chi connectivity index (χ3n) is 2.31. The second-order valence-electron chi connectivity index (χ2n) is 3.62. The highest BCUT2D eigenvalue weighted by Gasteiger charge is 2.22. The summed E-state index contributed by atoms with van der Waals surface area (Å²) in [4.78, 5) is 0. The maximum absolute atomic E-state index is 8.36. The smallest absolute Gasteiger partial charge is 0.286 e. The van der Waals surface area contributed by atoms with E-state index in [-0.39, 0.29) is 5.60 Å². The Kier molecular flexibility index (Phi) is 12.4. The van der Waals surface area contributed by atoms with Crippen LogP contribution in [0.15, 0.2) is 0 Å². The topological polar surface area (TPSA) is 66.0 Å². The summed E-state index contributed by atoms with van der Waals surface area (Å²) in [5.41, 5.74) is -0.217. The van der Waals surface area contributed by atoms with Crippen LogP contribution in [0.2, 0.25) is 0 Å². The maximum Gasteiger partial charge on any atom is 0.286 e. The molecule has 0 radical (unpaired) electrons. The molecule has 0 fully saturated rings. The van der Waals surface area contributed by atoms with E-state index in [2.05, 4.69) is 11.7 Å². The van der Waals surface area contributed by atoms with E-state index in [0.717, 1.165) is 25.7 Å². The summed E-state index contributed by atoms with van der Waals surface area (Å²) in [6.07, 6.45) is 7.46. The Hall–Kier alpha value is -1.42. The molecule has 0 spiro atoms. The van der Waals surface area contributed by atoms with Crippen LogP contribution >= 0.6 is 0 Å². The van der Waals surface area contributed by atoms with E-state index in [9.17, 15) is 0 Å². The summed E-state index contributed by atoms with van der Waals surface area (Å²) in [7, 11) is 0. The van der Waals surface area contributed by atoms with Crippen molar-refractivity contribution in [2.75, 3.05) is 6.61 Å².